The highest BCUT2D eigenvalue weighted by Crippen LogP contribution is 2.23. The molecule has 1 aromatic rings. The number of nitro groups is 1. The Morgan fingerprint density at radius 1 is 1.53 bits per heavy atom. The predicted molar refractivity (Wildman–Crippen MR) is 64.4 cm³/mol. The second-order valence-electron chi connectivity index (χ2n) is 3.84. The summed E-state index contributed by atoms with van der Waals surface area (Å²) >= 11 is 0. The zero-order valence-electron chi connectivity index (χ0n) is 10.6. The van der Waals surface area contributed by atoms with E-state index in [2.05, 4.69) is 0 Å². The van der Waals surface area contributed by atoms with Crippen molar-refractivity contribution in [2.24, 2.45) is 0 Å². The van der Waals surface area contributed by atoms with Gasteiger partial charge in [0.2, 0.25) is 5.82 Å². The summed E-state index contributed by atoms with van der Waals surface area (Å²) in [5.74, 6) is -1.19. The van der Waals surface area contributed by atoms with E-state index < -0.39 is 22.5 Å². The average molecular weight is 271 g/mol. The topological polar surface area (TPSA) is 78.7 Å². The molecule has 0 fully saturated rings. The number of benzene rings is 1. The first kappa shape index (κ1) is 14.9. The van der Waals surface area contributed by atoms with Crippen LogP contribution in [0.2, 0.25) is 0 Å². The fraction of sp³-hybridized carbons (Fsp3) is 0.417. The van der Waals surface area contributed by atoms with Crippen molar-refractivity contribution >= 4 is 11.7 Å². The number of carbonyl (C=O) groups excluding carboxylic acids is 1. The van der Waals surface area contributed by atoms with Crippen LogP contribution in [0.1, 0.15) is 20.3 Å². The van der Waals surface area contributed by atoms with Gasteiger partial charge in [-0.15, -0.1) is 0 Å². The minimum atomic E-state index is -0.972. The summed E-state index contributed by atoms with van der Waals surface area (Å²) in [4.78, 5) is 20.5. The number of halogens is 1. The van der Waals surface area contributed by atoms with Gasteiger partial charge < -0.3 is 9.47 Å². The first-order chi connectivity index (χ1) is 8.93. The van der Waals surface area contributed by atoms with Gasteiger partial charge in [0.15, 0.2) is 0 Å². The number of rotatable bonds is 6. The molecule has 0 aliphatic rings. The highest BCUT2D eigenvalue weighted by atomic mass is 19.1. The predicted octanol–water partition coefficient (Wildman–Crippen LogP) is 2.45. The van der Waals surface area contributed by atoms with E-state index >= 15 is 0 Å². The van der Waals surface area contributed by atoms with Gasteiger partial charge in [0.25, 0.3) is 0 Å². The van der Waals surface area contributed by atoms with Crippen LogP contribution in [0.25, 0.3) is 0 Å². The standard InChI is InChI=1S/C12H14FNO5/c1-3-12(15)18-7-8(2)19-9-4-5-11(14(16)17)10(13)6-9/h4-6,8H,3,7H2,1-2H3. The molecule has 0 aliphatic carbocycles. The summed E-state index contributed by atoms with van der Waals surface area (Å²) in [6.07, 6.45) is -0.213. The third kappa shape index (κ3) is 4.53. The van der Waals surface area contributed by atoms with Crippen LogP contribution in [0.4, 0.5) is 10.1 Å². The zero-order chi connectivity index (χ0) is 14.4. The number of ether oxygens (including phenoxy) is 2. The van der Waals surface area contributed by atoms with Crippen molar-refractivity contribution in [3.8, 4) is 5.75 Å². The highest BCUT2D eigenvalue weighted by molar-refractivity contribution is 5.68. The van der Waals surface area contributed by atoms with Crippen LogP contribution in [-0.4, -0.2) is 23.6 Å². The van der Waals surface area contributed by atoms with Crippen molar-refractivity contribution in [3.05, 3.63) is 34.1 Å². The summed E-state index contributed by atoms with van der Waals surface area (Å²) in [6, 6.07) is 3.24. The minimum Gasteiger partial charge on any atom is -0.487 e. The van der Waals surface area contributed by atoms with E-state index in [-0.39, 0.29) is 24.7 Å². The Morgan fingerprint density at radius 3 is 2.74 bits per heavy atom. The Bertz CT molecular complexity index is 477. The Balaban J connectivity index is 2.60. The molecule has 0 N–H and O–H groups in total. The lowest BCUT2D eigenvalue weighted by atomic mass is 10.3. The summed E-state index contributed by atoms with van der Waals surface area (Å²) in [7, 11) is 0. The molecule has 6 nitrogen and oxygen atoms in total. The van der Waals surface area contributed by atoms with Gasteiger partial charge in [0.05, 0.1) is 4.92 Å². The van der Waals surface area contributed by atoms with Crippen LogP contribution in [0.3, 0.4) is 0 Å². The molecule has 1 unspecified atom stereocenters. The first-order valence-electron chi connectivity index (χ1n) is 5.70. The third-order valence-electron chi connectivity index (χ3n) is 2.22. The van der Waals surface area contributed by atoms with Gasteiger partial charge in [-0.25, -0.2) is 0 Å². The van der Waals surface area contributed by atoms with E-state index in [1.54, 1.807) is 13.8 Å². The number of hydrogen-bond acceptors (Lipinski definition) is 5. The normalized spacial score (nSPS) is 11.7. The van der Waals surface area contributed by atoms with Crippen molar-refractivity contribution in [1.82, 2.24) is 0 Å². The maximum Gasteiger partial charge on any atom is 0.305 e. The molecule has 0 saturated carbocycles. The smallest absolute Gasteiger partial charge is 0.305 e. The van der Waals surface area contributed by atoms with E-state index in [1.807, 2.05) is 0 Å². The molecule has 19 heavy (non-hydrogen) atoms. The Labute approximate surface area is 109 Å². The fourth-order valence-electron chi connectivity index (χ4n) is 1.29. The number of carbonyl (C=O) groups is 1. The van der Waals surface area contributed by atoms with Gasteiger partial charge in [-0.1, -0.05) is 6.92 Å². The van der Waals surface area contributed by atoms with Gasteiger partial charge in [-0.2, -0.15) is 4.39 Å². The van der Waals surface area contributed by atoms with Crippen molar-refractivity contribution < 1.29 is 23.6 Å². The molecule has 1 aromatic carbocycles. The van der Waals surface area contributed by atoms with Gasteiger partial charge in [-0.05, 0) is 13.0 Å². The van der Waals surface area contributed by atoms with E-state index in [0.717, 1.165) is 12.1 Å². The Morgan fingerprint density at radius 2 is 2.21 bits per heavy atom. The molecule has 0 saturated heterocycles. The van der Waals surface area contributed by atoms with E-state index in [4.69, 9.17) is 9.47 Å². The van der Waals surface area contributed by atoms with Crippen LogP contribution in [0.5, 0.6) is 5.75 Å². The summed E-state index contributed by atoms with van der Waals surface area (Å²) in [6.45, 7) is 3.34. The van der Waals surface area contributed by atoms with Gasteiger partial charge >= 0.3 is 11.7 Å². The van der Waals surface area contributed by atoms with Crippen LogP contribution in [0, 0.1) is 15.9 Å². The summed E-state index contributed by atoms with van der Waals surface area (Å²) in [5.41, 5.74) is -0.614. The second-order valence-corrected chi connectivity index (χ2v) is 3.84. The molecule has 1 rings (SSSR count). The summed E-state index contributed by atoms with van der Waals surface area (Å²) < 4.78 is 23.4. The molecule has 0 spiro atoms. The Kier molecular flexibility index (Phi) is 5.23. The lowest BCUT2D eigenvalue weighted by Crippen LogP contribution is -2.21. The quantitative estimate of drug-likeness (QED) is 0.451. The lowest BCUT2D eigenvalue weighted by molar-refractivity contribution is -0.387. The molecule has 1 atom stereocenters. The number of nitrogens with zero attached hydrogens (tertiary/aromatic N) is 1. The fourth-order valence-corrected chi connectivity index (χ4v) is 1.29. The SMILES string of the molecule is CCC(=O)OCC(C)Oc1ccc([N+](=O)[O-])c(F)c1. The summed E-state index contributed by atoms with van der Waals surface area (Å²) in [5, 5.41) is 10.4. The van der Waals surface area contributed by atoms with E-state index in [0.29, 0.717) is 0 Å². The number of nitro benzene ring substituents is 1. The molecule has 0 heterocycles. The van der Waals surface area contributed by atoms with Crippen LogP contribution in [-0.2, 0) is 9.53 Å². The molecule has 0 bridgehead atoms. The van der Waals surface area contributed by atoms with E-state index in [9.17, 15) is 19.3 Å². The first-order valence-corrected chi connectivity index (χ1v) is 5.70. The molecule has 0 aromatic heterocycles. The van der Waals surface area contributed by atoms with Gasteiger partial charge in [0.1, 0.15) is 18.5 Å². The molecule has 0 amide bonds. The van der Waals surface area contributed by atoms with Crippen LogP contribution < -0.4 is 4.74 Å². The molecular weight excluding hydrogens is 257 g/mol. The minimum absolute atomic E-state index is 0.0330. The maximum atomic E-state index is 13.3. The average Bonchev–Trinajstić information content (AvgIpc) is 2.35. The molecular formula is C12H14FNO5. The Hall–Kier alpha value is -2.18. The molecule has 7 heteroatoms. The molecule has 0 radical (unpaired) electrons. The van der Waals surface area contributed by atoms with Crippen molar-refractivity contribution in [3.63, 3.8) is 0 Å². The molecule has 0 aliphatic heterocycles. The third-order valence-corrected chi connectivity index (χ3v) is 2.22. The second kappa shape index (κ2) is 6.67. The number of esters is 1. The van der Waals surface area contributed by atoms with Gasteiger partial charge in [0, 0.05) is 18.6 Å². The number of hydrogen-bond donors (Lipinski definition) is 0. The zero-order valence-corrected chi connectivity index (χ0v) is 10.6. The monoisotopic (exact) mass is 271 g/mol. The molecule has 104 valence electrons. The van der Waals surface area contributed by atoms with Crippen molar-refractivity contribution in [2.75, 3.05) is 6.61 Å². The van der Waals surface area contributed by atoms with Gasteiger partial charge in [-0.3, -0.25) is 14.9 Å². The van der Waals surface area contributed by atoms with Crippen LogP contribution >= 0.6 is 0 Å². The van der Waals surface area contributed by atoms with E-state index in [1.165, 1.54) is 6.07 Å². The van der Waals surface area contributed by atoms with Crippen molar-refractivity contribution in [2.45, 2.75) is 26.4 Å². The largest absolute Gasteiger partial charge is 0.487 e. The van der Waals surface area contributed by atoms with Crippen LogP contribution in [0.15, 0.2) is 18.2 Å². The lowest BCUT2D eigenvalue weighted by Gasteiger charge is -2.14. The van der Waals surface area contributed by atoms with Crippen molar-refractivity contribution in [1.29, 1.82) is 0 Å². The maximum absolute atomic E-state index is 13.3. The highest BCUT2D eigenvalue weighted by Gasteiger charge is 2.15.